The van der Waals surface area contributed by atoms with Gasteiger partial charge < -0.3 is 4.57 Å². The number of carbonyl (C=O) groups is 1. The van der Waals surface area contributed by atoms with Crippen molar-refractivity contribution >= 4 is 28.4 Å². The SMILES string of the molecule is CC(C)n1c(CC(=O)C(F)(F)F)nc2ccc(Cl)cc21. The molecule has 0 saturated heterocycles. The molecule has 108 valence electrons. The average molecular weight is 305 g/mol. The summed E-state index contributed by atoms with van der Waals surface area (Å²) in [7, 11) is 0. The van der Waals surface area contributed by atoms with E-state index in [1.807, 2.05) is 13.8 Å². The Hall–Kier alpha value is -1.56. The van der Waals surface area contributed by atoms with Crippen molar-refractivity contribution in [1.82, 2.24) is 9.55 Å². The molecule has 0 saturated carbocycles. The Morgan fingerprint density at radius 1 is 1.40 bits per heavy atom. The number of nitrogens with zero attached hydrogens (tertiary/aromatic N) is 2. The standard InChI is InChI=1S/C13H12ClF3N2O/c1-7(2)19-10-5-8(14)3-4-9(10)18-12(19)6-11(20)13(15,16)17/h3-5,7H,6H2,1-2H3. The van der Waals surface area contributed by atoms with Crippen LogP contribution in [0.5, 0.6) is 0 Å². The third-order valence-electron chi connectivity index (χ3n) is 2.88. The highest BCUT2D eigenvalue weighted by molar-refractivity contribution is 6.31. The van der Waals surface area contributed by atoms with E-state index in [9.17, 15) is 18.0 Å². The maximum atomic E-state index is 12.4. The number of rotatable bonds is 3. The molecule has 7 heteroatoms. The Labute approximate surface area is 118 Å². The minimum Gasteiger partial charge on any atom is -0.325 e. The van der Waals surface area contributed by atoms with Crippen molar-refractivity contribution in [1.29, 1.82) is 0 Å². The van der Waals surface area contributed by atoms with Gasteiger partial charge in [0.2, 0.25) is 5.78 Å². The van der Waals surface area contributed by atoms with Crippen LogP contribution in [0.15, 0.2) is 18.2 Å². The van der Waals surface area contributed by atoms with Crippen molar-refractivity contribution in [2.75, 3.05) is 0 Å². The van der Waals surface area contributed by atoms with Gasteiger partial charge in [0.25, 0.3) is 0 Å². The van der Waals surface area contributed by atoms with E-state index in [2.05, 4.69) is 4.98 Å². The summed E-state index contributed by atoms with van der Waals surface area (Å²) >= 11 is 5.89. The molecule has 0 spiro atoms. The summed E-state index contributed by atoms with van der Waals surface area (Å²) in [5.74, 6) is -1.71. The first-order chi connectivity index (χ1) is 9.20. The predicted octanol–water partition coefficient (Wildman–Crippen LogP) is 3.94. The van der Waals surface area contributed by atoms with Crippen LogP contribution < -0.4 is 0 Å². The van der Waals surface area contributed by atoms with E-state index in [-0.39, 0.29) is 11.9 Å². The third-order valence-corrected chi connectivity index (χ3v) is 3.11. The molecule has 0 unspecified atom stereocenters. The molecule has 2 rings (SSSR count). The molecule has 0 radical (unpaired) electrons. The van der Waals surface area contributed by atoms with Gasteiger partial charge in [0, 0.05) is 11.1 Å². The van der Waals surface area contributed by atoms with Crippen molar-refractivity contribution in [2.45, 2.75) is 32.5 Å². The summed E-state index contributed by atoms with van der Waals surface area (Å²) in [6.45, 7) is 3.62. The van der Waals surface area contributed by atoms with E-state index >= 15 is 0 Å². The number of halogens is 4. The topological polar surface area (TPSA) is 34.9 Å². The maximum absolute atomic E-state index is 12.4. The lowest BCUT2D eigenvalue weighted by Gasteiger charge is -2.13. The molecular weight excluding hydrogens is 293 g/mol. The van der Waals surface area contributed by atoms with Crippen LogP contribution in [0.4, 0.5) is 13.2 Å². The van der Waals surface area contributed by atoms with Gasteiger partial charge in [-0.15, -0.1) is 0 Å². The smallest absolute Gasteiger partial charge is 0.325 e. The first-order valence-corrected chi connectivity index (χ1v) is 6.34. The molecular formula is C13H12ClF3N2O. The van der Waals surface area contributed by atoms with Gasteiger partial charge in [0.05, 0.1) is 17.5 Å². The number of imidazole rings is 1. The number of aromatic nitrogens is 2. The Balaban J connectivity index is 2.53. The second-order valence-electron chi connectivity index (χ2n) is 4.72. The molecule has 1 aromatic carbocycles. The number of ketones is 1. The highest BCUT2D eigenvalue weighted by atomic mass is 35.5. The zero-order valence-corrected chi connectivity index (χ0v) is 11.6. The first kappa shape index (κ1) is 14.8. The lowest BCUT2D eigenvalue weighted by molar-refractivity contribution is -0.170. The Morgan fingerprint density at radius 2 is 2.05 bits per heavy atom. The molecule has 0 N–H and O–H groups in total. The Bertz CT molecular complexity index is 661. The maximum Gasteiger partial charge on any atom is 0.450 e. The number of carbonyl (C=O) groups excluding carboxylic acids is 1. The Kier molecular flexibility index (Phi) is 3.77. The zero-order chi connectivity index (χ0) is 15.1. The molecule has 1 aromatic heterocycles. The molecule has 3 nitrogen and oxygen atoms in total. The summed E-state index contributed by atoms with van der Waals surface area (Å²) < 4.78 is 38.7. The quantitative estimate of drug-likeness (QED) is 0.860. The molecule has 0 amide bonds. The van der Waals surface area contributed by atoms with Crippen molar-refractivity contribution in [2.24, 2.45) is 0 Å². The fraction of sp³-hybridized carbons (Fsp3) is 0.385. The highest BCUT2D eigenvalue weighted by Crippen LogP contribution is 2.26. The number of alkyl halides is 3. The van der Waals surface area contributed by atoms with Gasteiger partial charge in [-0.25, -0.2) is 4.98 Å². The minimum atomic E-state index is -4.85. The molecule has 0 aliphatic heterocycles. The third kappa shape index (κ3) is 2.80. The van der Waals surface area contributed by atoms with Gasteiger partial charge in [-0.05, 0) is 32.0 Å². The predicted molar refractivity (Wildman–Crippen MR) is 69.9 cm³/mol. The second-order valence-corrected chi connectivity index (χ2v) is 5.16. The number of Topliss-reactive ketones (excluding diaryl/α,β-unsaturated/α-hetero) is 1. The molecule has 0 bridgehead atoms. The summed E-state index contributed by atoms with van der Waals surface area (Å²) in [5, 5.41) is 0.466. The van der Waals surface area contributed by atoms with E-state index in [0.717, 1.165) is 0 Å². The van der Waals surface area contributed by atoms with Gasteiger partial charge in [-0.3, -0.25) is 4.79 Å². The van der Waals surface area contributed by atoms with Crippen LogP contribution in [-0.2, 0) is 11.2 Å². The monoisotopic (exact) mass is 304 g/mol. The number of benzene rings is 1. The molecule has 2 aromatic rings. The summed E-state index contributed by atoms with van der Waals surface area (Å²) in [6, 6.07) is 4.73. The average Bonchev–Trinajstić information content (AvgIpc) is 2.64. The number of fused-ring (bicyclic) bond motifs is 1. The van der Waals surface area contributed by atoms with E-state index in [1.54, 1.807) is 22.8 Å². The van der Waals surface area contributed by atoms with Crippen LogP contribution in [0.25, 0.3) is 11.0 Å². The minimum absolute atomic E-state index is 0.0968. The Morgan fingerprint density at radius 3 is 2.60 bits per heavy atom. The van der Waals surface area contributed by atoms with Gasteiger partial charge in [-0.1, -0.05) is 11.6 Å². The fourth-order valence-electron chi connectivity index (χ4n) is 2.06. The van der Waals surface area contributed by atoms with Crippen LogP contribution in [0.3, 0.4) is 0 Å². The molecule has 0 fully saturated rings. The molecule has 1 heterocycles. The van der Waals surface area contributed by atoms with Gasteiger partial charge in [0.1, 0.15) is 5.82 Å². The van der Waals surface area contributed by atoms with Crippen LogP contribution in [0.1, 0.15) is 25.7 Å². The molecule has 0 atom stereocenters. The normalized spacial score (nSPS) is 12.3. The zero-order valence-electron chi connectivity index (χ0n) is 10.8. The largest absolute Gasteiger partial charge is 0.450 e. The van der Waals surface area contributed by atoms with Gasteiger partial charge in [-0.2, -0.15) is 13.2 Å². The van der Waals surface area contributed by atoms with Crippen LogP contribution in [0.2, 0.25) is 5.02 Å². The van der Waals surface area contributed by atoms with E-state index in [4.69, 9.17) is 11.6 Å². The van der Waals surface area contributed by atoms with Crippen LogP contribution in [0, 0.1) is 0 Å². The van der Waals surface area contributed by atoms with E-state index < -0.39 is 18.4 Å². The summed E-state index contributed by atoms with van der Waals surface area (Å²) in [6.07, 6.45) is -5.62. The van der Waals surface area contributed by atoms with E-state index in [0.29, 0.717) is 16.1 Å². The lowest BCUT2D eigenvalue weighted by Crippen LogP contribution is -2.26. The number of hydrogen-bond acceptors (Lipinski definition) is 2. The molecule has 0 aliphatic rings. The van der Waals surface area contributed by atoms with E-state index in [1.165, 1.54) is 0 Å². The first-order valence-electron chi connectivity index (χ1n) is 5.96. The number of hydrogen-bond donors (Lipinski definition) is 0. The lowest BCUT2D eigenvalue weighted by atomic mass is 10.2. The van der Waals surface area contributed by atoms with Gasteiger partial charge >= 0.3 is 6.18 Å². The van der Waals surface area contributed by atoms with Gasteiger partial charge in [0.15, 0.2) is 0 Å². The summed E-state index contributed by atoms with van der Waals surface area (Å²) in [5.41, 5.74) is 1.14. The second kappa shape index (κ2) is 5.09. The highest BCUT2D eigenvalue weighted by Gasteiger charge is 2.39. The molecule has 0 aliphatic carbocycles. The molecule has 20 heavy (non-hydrogen) atoms. The summed E-state index contributed by atoms with van der Waals surface area (Å²) in [4.78, 5) is 15.3. The van der Waals surface area contributed by atoms with Crippen molar-refractivity contribution in [3.8, 4) is 0 Å². The van der Waals surface area contributed by atoms with Crippen molar-refractivity contribution < 1.29 is 18.0 Å². The van der Waals surface area contributed by atoms with Crippen LogP contribution >= 0.6 is 11.6 Å². The fourth-order valence-corrected chi connectivity index (χ4v) is 2.23. The van der Waals surface area contributed by atoms with Crippen LogP contribution in [-0.4, -0.2) is 21.5 Å². The van der Waals surface area contributed by atoms with Crippen molar-refractivity contribution in [3.63, 3.8) is 0 Å². The van der Waals surface area contributed by atoms with Crippen molar-refractivity contribution in [3.05, 3.63) is 29.0 Å².